The molecule has 74 valence electrons. The Bertz CT molecular complexity index is 235. The molecule has 3 nitrogen and oxygen atoms in total. The van der Waals surface area contributed by atoms with Crippen LogP contribution in [0.4, 0.5) is 4.39 Å². The first kappa shape index (κ1) is 10.2. The monoisotopic (exact) mass is 188 g/mol. The van der Waals surface area contributed by atoms with Crippen LogP contribution in [0.25, 0.3) is 0 Å². The molecule has 1 N–H and O–H groups in total. The summed E-state index contributed by atoms with van der Waals surface area (Å²) >= 11 is 0. The van der Waals surface area contributed by atoms with Crippen molar-refractivity contribution in [1.82, 2.24) is 0 Å². The highest BCUT2D eigenvalue weighted by molar-refractivity contribution is 5.85. The van der Waals surface area contributed by atoms with Crippen molar-refractivity contribution < 1.29 is 19.0 Å². The zero-order valence-electron chi connectivity index (χ0n) is 7.55. The predicted molar refractivity (Wildman–Crippen MR) is 45.0 cm³/mol. The number of aliphatic carboxylic acids is 1. The van der Waals surface area contributed by atoms with E-state index in [0.717, 1.165) is 12.8 Å². The van der Waals surface area contributed by atoms with Gasteiger partial charge in [0.1, 0.15) is 0 Å². The van der Waals surface area contributed by atoms with E-state index in [9.17, 15) is 9.18 Å². The number of methoxy groups -OCH3 is 1. The molecular weight excluding hydrogens is 175 g/mol. The smallest absolute Gasteiger partial charge is 0.364 e. The van der Waals surface area contributed by atoms with Gasteiger partial charge in [-0.25, -0.2) is 4.79 Å². The maximum absolute atomic E-state index is 13.0. The lowest BCUT2D eigenvalue weighted by atomic mass is 9.91. The Morgan fingerprint density at radius 1 is 1.62 bits per heavy atom. The lowest BCUT2D eigenvalue weighted by molar-refractivity contribution is -0.134. The van der Waals surface area contributed by atoms with E-state index in [-0.39, 0.29) is 6.10 Å². The van der Waals surface area contributed by atoms with Gasteiger partial charge in [0, 0.05) is 12.7 Å². The Kier molecular flexibility index (Phi) is 3.42. The summed E-state index contributed by atoms with van der Waals surface area (Å²) in [4.78, 5) is 10.4. The van der Waals surface area contributed by atoms with Crippen molar-refractivity contribution in [3.8, 4) is 0 Å². The van der Waals surface area contributed by atoms with Crippen LogP contribution >= 0.6 is 0 Å². The fraction of sp³-hybridized carbons (Fsp3) is 0.667. The summed E-state index contributed by atoms with van der Waals surface area (Å²) in [5.74, 6) is -2.52. The maximum atomic E-state index is 13.0. The van der Waals surface area contributed by atoms with Crippen molar-refractivity contribution in [3.63, 3.8) is 0 Å². The molecule has 1 atom stereocenters. The molecule has 0 aromatic rings. The first-order valence-corrected chi connectivity index (χ1v) is 4.31. The highest BCUT2D eigenvalue weighted by Crippen LogP contribution is 2.28. The molecule has 0 saturated heterocycles. The van der Waals surface area contributed by atoms with Gasteiger partial charge in [-0.15, -0.1) is 0 Å². The SMILES string of the molecule is COC1CCCCC1=C(F)C(=O)O. The van der Waals surface area contributed by atoms with E-state index in [4.69, 9.17) is 9.84 Å². The van der Waals surface area contributed by atoms with E-state index >= 15 is 0 Å². The number of halogens is 1. The minimum absolute atomic E-state index is 0.307. The zero-order chi connectivity index (χ0) is 9.84. The van der Waals surface area contributed by atoms with Gasteiger partial charge in [-0.05, 0) is 19.3 Å². The average Bonchev–Trinajstić information content (AvgIpc) is 2.16. The van der Waals surface area contributed by atoms with Gasteiger partial charge in [0.2, 0.25) is 5.83 Å². The molecule has 1 aliphatic rings. The third-order valence-corrected chi connectivity index (χ3v) is 2.31. The molecule has 0 radical (unpaired) electrons. The van der Waals surface area contributed by atoms with Crippen LogP contribution in [0, 0.1) is 0 Å². The van der Waals surface area contributed by atoms with Crippen molar-refractivity contribution in [1.29, 1.82) is 0 Å². The number of carboxylic acids is 1. The van der Waals surface area contributed by atoms with Crippen molar-refractivity contribution in [3.05, 3.63) is 11.4 Å². The number of ether oxygens (including phenoxy) is 1. The van der Waals surface area contributed by atoms with Crippen LogP contribution in [-0.2, 0) is 9.53 Å². The molecule has 1 saturated carbocycles. The molecule has 1 aliphatic carbocycles. The highest BCUT2D eigenvalue weighted by Gasteiger charge is 2.25. The van der Waals surface area contributed by atoms with Gasteiger partial charge in [-0.2, -0.15) is 4.39 Å². The fourth-order valence-electron chi connectivity index (χ4n) is 1.63. The topological polar surface area (TPSA) is 46.5 Å². The van der Waals surface area contributed by atoms with E-state index in [1.54, 1.807) is 0 Å². The summed E-state index contributed by atoms with van der Waals surface area (Å²) in [7, 11) is 1.48. The lowest BCUT2D eigenvalue weighted by Crippen LogP contribution is -2.20. The molecule has 1 fully saturated rings. The second kappa shape index (κ2) is 4.37. The summed E-state index contributed by atoms with van der Waals surface area (Å²) in [5, 5.41) is 8.46. The Labute approximate surface area is 76.2 Å². The van der Waals surface area contributed by atoms with Crippen molar-refractivity contribution >= 4 is 5.97 Å². The first-order chi connectivity index (χ1) is 6.16. The third kappa shape index (κ3) is 2.28. The lowest BCUT2D eigenvalue weighted by Gasteiger charge is -2.23. The molecule has 0 aromatic carbocycles. The summed E-state index contributed by atoms with van der Waals surface area (Å²) in [6, 6.07) is 0. The summed E-state index contributed by atoms with van der Waals surface area (Å²) in [6.07, 6.45) is 2.68. The highest BCUT2D eigenvalue weighted by atomic mass is 19.1. The van der Waals surface area contributed by atoms with Crippen LogP contribution in [0.1, 0.15) is 25.7 Å². The third-order valence-electron chi connectivity index (χ3n) is 2.31. The number of rotatable bonds is 2. The predicted octanol–water partition coefficient (Wildman–Crippen LogP) is 1.88. The van der Waals surface area contributed by atoms with E-state index in [1.165, 1.54) is 7.11 Å². The number of hydrogen-bond acceptors (Lipinski definition) is 2. The Hall–Kier alpha value is -0.900. The average molecular weight is 188 g/mol. The van der Waals surface area contributed by atoms with Gasteiger partial charge in [0.05, 0.1) is 6.10 Å². The quantitative estimate of drug-likeness (QED) is 0.673. The van der Waals surface area contributed by atoms with E-state index in [1.807, 2.05) is 0 Å². The van der Waals surface area contributed by atoms with Crippen molar-refractivity contribution in [2.75, 3.05) is 7.11 Å². The minimum Gasteiger partial charge on any atom is -0.476 e. The molecule has 1 rings (SSSR count). The van der Waals surface area contributed by atoms with Gasteiger partial charge in [0.15, 0.2) is 0 Å². The van der Waals surface area contributed by atoms with Crippen LogP contribution in [0.3, 0.4) is 0 Å². The molecule has 0 amide bonds. The normalized spacial score (nSPS) is 27.1. The second-order valence-corrected chi connectivity index (χ2v) is 3.11. The molecule has 4 heteroatoms. The molecular formula is C9H13FO3. The molecule has 1 unspecified atom stereocenters. The van der Waals surface area contributed by atoms with Gasteiger partial charge in [-0.3, -0.25) is 0 Å². The number of hydrogen-bond donors (Lipinski definition) is 1. The van der Waals surface area contributed by atoms with E-state index < -0.39 is 11.8 Å². The second-order valence-electron chi connectivity index (χ2n) is 3.11. The van der Waals surface area contributed by atoms with Crippen LogP contribution in [0.2, 0.25) is 0 Å². The first-order valence-electron chi connectivity index (χ1n) is 4.31. The van der Waals surface area contributed by atoms with Crippen molar-refractivity contribution in [2.45, 2.75) is 31.8 Å². The zero-order valence-corrected chi connectivity index (χ0v) is 7.55. The standard InChI is InChI=1S/C9H13FO3/c1-13-7-5-3-2-4-6(7)8(10)9(11)12/h7H,2-5H2,1H3,(H,11,12). The van der Waals surface area contributed by atoms with Crippen molar-refractivity contribution in [2.24, 2.45) is 0 Å². The molecule has 13 heavy (non-hydrogen) atoms. The van der Waals surface area contributed by atoms with Gasteiger partial charge < -0.3 is 9.84 Å². The van der Waals surface area contributed by atoms with Crippen LogP contribution in [0.5, 0.6) is 0 Å². The Morgan fingerprint density at radius 3 is 2.85 bits per heavy atom. The van der Waals surface area contributed by atoms with E-state index in [2.05, 4.69) is 0 Å². The molecule has 0 aliphatic heterocycles. The molecule has 0 spiro atoms. The molecule has 0 aromatic heterocycles. The van der Waals surface area contributed by atoms with Crippen LogP contribution in [-0.4, -0.2) is 24.3 Å². The van der Waals surface area contributed by atoms with Crippen LogP contribution < -0.4 is 0 Å². The van der Waals surface area contributed by atoms with Gasteiger partial charge in [0.25, 0.3) is 0 Å². The Morgan fingerprint density at radius 2 is 2.31 bits per heavy atom. The molecule has 0 bridgehead atoms. The summed E-state index contributed by atoms with van der Waals surface area (Å²) in [6.45, 7) is 0. The number of carboxylic acid groups (broad SMARTS) is 1. The molecule has 0 heterocycles. The Balaban J connectivity index is 2.85. The number of carbonyl (C=O) groups is 1. The largest absolute Gasteiger partial charge is 0.476 e. The van der Waals surface area contributed by atoms with Gasteiger partial charge in [-0.1, -0.05) is 6.42 Å². The van der Waals surface area contributed by atoms with E-state index in [0.29, 0.717) is 18.4 Å². The fourth-order valence-corrected chi connectivity index (χ4v) is 1.63. The van der Waals surface area contributed by atoms with Gasteiger partial charge >= 0.3 is 5.97 Å². The minimum atomic E-state index is -1.49. The summed E-state index contributed by atoms with van der Waals surface area (Å²) in [5.41, 5.74) is 0.307. The van der Waals surface area contributed by atoms with Crippen LogP contribution in [0.15, 0.2) is 11.4 Å². The summed E-state index contributed by atoms with van der Waals surface area (Å²) < 4.78 is 18.1. The maximum Gasteiger partial charge on any atom is 0.364 e.